The molecule has 3 heterocycles. The largest absolute Gasteiger partial charge is 0.439 e. The molecule has 2 aromatic rings. The second-order valence-electron chi connectivity index (χ2n) is 9.11. The Morgan fingerprint density at radius 1 is 0.969 bits per heavy atom. The molecule has 0 radical (unpaired) electrons. The molecule has 0 aliphatic carbocycles. The van der Waals surface area contributed by atoms with E-state index in [-0.39, 0.29) is 17.8 Å². The Morgan fingerprint density at radius 3 is 2.44 bits per heavy atom. The van der Waals surface area contributed by atoms with Crippen LogP contribution >= 0.6 is 0 Å². The van der Waals surface area contributed by atoms with E-state index in [2.05, 4.69) is 0 Å². The van der Waals surface area contributed by atoms with E-state index >= 15 is 0 Å². The number of nitrogens with zero attached hydrogens (tertiary/aromatic N) is 2. The summed E-state index contributed by atoms with van der Waals surface area (Å²) >= 11 is 0. The van der Waals surface area contributed by atoms with Crippen LogP contribution in [0.5, 0.6) is 0 Å². The van der Waals surface area contributed by atoms with E-state index < -0.39 is 11.0 Å². The van der Waals surface area contributed by atoms with Crippen molar-refractivity contribution in [3.8, 4) is 0 Å². The molecular formula is C25H27FN2O4. The maximum Gasteiger partial charge on any atom is 0.415 e. The molecule has 0 aromatic heterocycles. The minimum atomic E-state index is -0.701. The number of amides is 2. The zero-order valence-electron chi connectivity index (χ0n) is 18.0. The standard InChI is InChI=1S/C25H27FN2O4/c26-21-9-5-4-6-19(21)16-24(11-14-31-15-12-24)22(29)27-13-10-25(17-27)18-28(23(30)32-25)20-7-2-1-3-8-20/h1-9H,10-18H2/t25-/m0/s1. The number of hydrogen-bond donors (Lipinski definition) is 0. The smallest absolute Gasteiger partial charge is 0.415 e. The fraction of sp³-hybridized carbons (Fsp3) is 0.440. The number of anilines is 1. The van der Waals surface area contributed by atoms with Crippen molar-refractivity contribution in [3.63, 3.8) is 0 Å². The van der Waals surface area contributed by atoms with Crippen LogP contribution in [0.15, 0.2) is 54.6 Å². The average molecular weight is 438 g/mol. The normalized spacial score (nSPS) is 24.7. The van der Waals surface area contributed by atoms with Crippen molar-refractivity contribution in [2.24, 2.45) is 5.41 Å². The molecule has 2 aromatic carbocycles. The van der Waals surface area contributed by atoms with Crippen molar-refractivity contribution in [2.75, 3.05) is 37.7 Å². The summed E-state index contributed by atoms with van der Waals surface area (Å²) in [6, 6.07) is 16.1. The van der Waals surface area contributed by atoms with Crippen molar-refractivity contribution in [1.29, 1.82) is 0 Å². The minimum Gasteiger partial charge on any atom is -0.439 e. The zero-order chi connectivity index (χ0) is 22.2. The highest BCUT2D eigenvalue weighted by molar-refractivity contribution is 5.91. The summed E-state index contributed by atoms with van der Waals surface area (Å²) in [5.41, 5.74) is -0.0560. The van der Waals surface area contributed by atoms with Crippen molar-refractivity contribution >= 4 is 17.7 Å². The first kappa shape index (κ1) is 20.9. The highest BCUT2D eigenvalue weighted by atomic mass is 19.1. The summed E-state index contributed by atoms with van der Waals surface area (Å²) < 4.78 is 25.8. The topological polar surface area (TPSA) is 59.1 Å². The van der Waals surface area contributed by atoms with Crippen LogP contribution in [-0.2, 0) is 20.7 Å². The molecule has 5 rings (SSSR count). The van der Waals surface area contributed by atoms with Gasteiger partial charge in [0.2, 0.25) is 5.91 Å². The number of carbonyl (C=O) groups excluding carboxylic acids is 2. The number of halogens is 1. The van der Waals surface area contributed by atoms with Gasteiger partial charge < -0.3 is 14.4 Å². The molecule has 1 spiro atoms. The lowest BCUT2D eigenvalue weighted by Crippen LogP contribution is -2.49. The van der Waals surface area contributed by atoms with Crippen molar-refractivity contribution in [1.82, 2.24) is 4.90 Å². The third-order valence-electron chi connectivity index (χ3n) is 7.03. The Hall–Kier alpha value is -2.93. The molecule has 0 N–H and O–H groups in total. The summed E-state index contributed by atoms with van der Waals surface area (Å²) in [5, 5.41) is 0. The van der Waals surface area contributed by atoms with E-state index in [1.165, 1.54) is 6.07 Å². The lowest BCUT2D eigenvalue weighted by atomic mass is 9.74. The van der Waals surface area contributed by atoms with E-state index in [1.807, 2.05) is 35.2 Å². The molecule has 3 aliphatic heterocycles. The van der Waals surface area contributed by atoms with E-state index in [0.29, 0.717) is 64.1 Å². The van der Waals surface area contributed by atoms with Crippen LogP contribution in [0, 0.1) is 11.2 Å². The highest BCUT2D eigenvalue weighted by Gasteiger charge is 2.53. The molecule has 0 unspecified atom stereocenters. The summed E-state index contributed by atoms with van der Waals surface area (Å²) in [7, 11) is 0. The van der Waals surface area contributed by atoms with E-state index in [4.69, 9.17) is 9.47 Å². The van der Waals surface area contributed by atoms with Gasteiger partial charge in [0.1, 0.15) is 5.82 Å². The van der Waals surface area contributed by atoms with Gasteiger partial charge in [0.15, 0.2) is 5.60 Å². The molecule has 32 heavy (non-hydrogen) atoms. The summed E-state index contributed by atoms with van der Waals surface area (Å²) in [4.78, 5) is 29.9. The maximum absolute atomic E-state index is 14.4. The zero-order valence-corrected chi connectivity index (χ0v) is 18.0. The molecule has 3 saturated heterocycles. The van der Waals surface area contributed by atoms with Crippen molar-refractivity contribution < 1.29 is 23.5 Å². The Kier molecular flexibility index (Phi) is 5.37. The van der Waals surface area contributed by atoms with Gasteiger partial charge in [-0.2, -0.15) is 0 Å². The monoisotopic (exact) mass is 438 g/mol. The van der Waals surface area contributed by atoms with Crippen LogP contribution in [0.1, 0.15) is 24.8 Å². The van der Waals surface area contributed by atoms with Gasteiger partial charge in [-0.25, -0.2) is 9.18 Å². The molecule has 0 saturated carbocycles. The van der Waals surface area contributed by atoms with Crippen LogP contribution in [0.25, 0.3) is 0 Å². The van der Waals surface area contributed by atoms with Crippen LogP contribution in [0.4, 0.5) is 14.9 Å². The predicted molar refractivity (Wildman–Crippen MR) is 117 cm³/mol. The van der Waals surface area contributed by atoms with Crippen molar-refractivity contribution in [3.05, 3.63) is 66.0 Å². The fourth-order valence-electron chi connectivity index (χ4n) is 5.23. The van der Waals surface area contributed by atoms with Gasteiger partial charge in [-0.15, -0.1) is 0 Å². The molecule has 3 aliphatic rings. The molecule has 1 atom stereocenters. The van der Waals surface area contributed by atoms with Gasteiger partial charge in [0.05, 0.1) is 18.5 Å². The first-order chi connectivity index (χ1) is 15.5. The molecule has 168 valence electrons. The SMILES string of the molecule is O=C1O[C@]2(CCN(C(=O)C3(Cc4ccccc4F)CCOCC3)C2)CN1c1ccccc1. The number of likely N-dealkylation sites (tertiary alicyclic amines) is 1. The summed E-state index contributed by atoms with van der Waals surface area (Å²) in [5.74, 6) is -0.276. The Labute approximate surface area is 186 Å². The Balaban J connectivity index is 1.35. The quantitative estimate of drug-likeness (QED) is 0.729. The van der Waals surface area contributed by atoms with E-state index in [1.54, 1.807) is 23.1 Å². The number of ether oxygens (including phenoxy) is 2. The fourth-order valence-corrected chi connectivity index (χ4v) is 5.23. The molecule has 3 fully saturated rings. The number of benzene rings is 2. The van der Waals surface area contributed by atoms with Crippen molar-refractivity contribution in [2.45, 2.75) is 31.3 Å². The summed E-state index contributed by atoms with van der Waals surface area (Å²) in [6.45, 7) is 2.27. The van der Waals surface area contributed by atoms with Gasteiger partial charge in [0.25, 0.3) is 0 Å². The Morgan fingerprint density at radius 2 is 1.69 bits per heavy atom. The predicted octanol–water partition coefficient (Wildman–Crippen LogP) is 3.79. The van der Waals surface area contributed by atoms with Gasteiger partial charge in [-0.3, -0.25) is 9.69 Å². The molecule has 7 heteroatoms. The van der Waals surface area contributed by atoms with Gasteiger partial charge >= 0.3 is 6.09 Å². The van der Waals surface area contributed by atoms with Crippen LogP contribution in [0.2, 0.25) is 0 Å². The lowest BCUT2D eigenvalue weighted by molar-refractivity contribution is -0.147. The van der Waals surface area contributed by atoms with Crippen LogP contribution in [-0.4, -0.2) is 55.3 Å². The van der Waals surface area contributed by atoms with Gasteiger partial charge in [-0.1, -0.05) is 36.4 Å². The van der Waals surface area contributed by atoms with Gasteiger partial charge in [0, 0.05) is 31.9 Å². The number of carbonyl (C=O) groups is 2. The van der Waals surface area contributed by atoms with E-state index in [9.17, 15) is 14.0 Å². The molecular weight excluding hydrogens is 411 g/mol. The maximum atomic E-state index is 14.4. The Bertz CT molecular complexity index is 1010. The first-order valence-corrected chi connectivity index (χ1v) is 11.2. The average Bonchev–Trinajstić information content (AvgIpc) is 3.38. The van der Waals surface area contributed by atoms with E-state index in [0.717, 1.165) is 5.69 Å². The third-order valence-corrected chi connectivity index (χ3v) is 7.03. The van der Waals surface area contributed by atoms with Crippen LogP contribution in [0.3, 0.4) is 0 Å². The number of rotatable bonds is 4. The molecule has 2 amide bonds. The number of para-hydroxylation sites is 1. The molecule has 0 bridgehead atoms. The lowest BCUT2D eigenvalue weighted by Gasteiger charge is -2.39. The number of hydrogen-bond acceptors (Lipinski definition) is 4. The third kappa shape index (κ3) is 3.75. The molecule has 6 nitrogen and oxygen atoms in total. The summed E-state index contributed by atoms with van der Waals surface area (Å²) in [6.07, 6.45) is 1.68. The minimum absolute atomic E-state index is 0.00939. The second-order valence-corrected chi connectivity index (χ2v) is 9.11. The highest BCUT2D eigenvalue weighted by Crippen LogP contribution is 2.41. The second kappa shape index (κ2) is 8.20. The van der Waals surface area contributed by atoms with Crippen LogP contribution < -0.4 is 4.90 Å². The van der Waals surface area contributed by atoms with Gasteiger partial charge in [-0.05, 0) is 43.0 Å². The first-order valence-electron chi connectivity index (χ1n) is 11.2.